The molecule has 0 saturated heterocycles. The van der Waals surface area contributed by atoms with Crippen molar-refractivity contribution in [1.29, 1.82) is 0 Å². The van der Waals surface area contributed by atoms with E-state index in [2.05, 4.69) is 5.32 Å². The van der Waals surface area contributed by atoms with Crippen LogP contribution in [0.3, 0.4) is 0 Å². The number of carbonyl (C=O) groups excluding carboxylic acids is 1. The normalized spacial score (nSPS) is 10.5. The Labute approximate surface area is 136 Å². The summed E-state index contributed by atoms with van der Waals surface area (Å²) >= 11 is 6.08. The van der Waals surface area contributed by atoms with Gasteiger partial charge in [-0.15, -0.1) is 0 Å². The number of rotatable bonds is 6. The van der Waals surface area contributed by atoms with Crippen LogP contribution in [-0.2, 0) is 6.61 Å². The number of benzene rings is 2. The highest BCUT2D eigenvalue weighted by atomic mass is 35.5. The van der Waals surface area contributed by atoms with Crippen LogP contribution in [0.2, 0.25) is 5.02 Å². The van der Waals surface area contributed by atoms with Gasteiger partial charge >= 0.3 is 0 Å². The molecule has 1 N–H and O–H groups in total. The van der Waals surface area contributed by atoms with Crippen molar-refractivity contribution in [2.24, 2.45) is 5.92 Å². The molecule has 0 aromatic heterocycles. The summed E-state index contributed by atoms with van der Waals surface area (Å²) in [5.74, 6) is 0.851. The molecule has 0 aliphatic carbocycles. The molecule has 3 nitrogen and oxygen atoms in total. The van der Waals surface area contributed by atoms with E-state index in [0.717, 1.165) is 5.56 Å². The molecule has 2 aromatic carbocycles. The lowest BCUT2D eigenvalue weighted by molar-refractivity contribution is 0.0948. The minimum atomic E-state index is -0.138. The van der Waals surface area contributed by atoms with E-state index in [0.29, 0.717) is 35.4 Å². The molecule has 116 valence electrons. The summed E-state index contributed by atoms with van der Waals surface area (Å²) < 4.78 is 5.72. The molecule has 0 radical (unpaired) electrons. The van der Waals surface area contributed by atoms with E-state index >= 15 is 0 Å². The lowest BCUT2D eigenvalue weighted by Crippen LogP contribution is -2.27. The predicted molar refractivity (Wildman–Crippen MR) is 89.4 cm³/mol. The molecule has 0 spiro atoms. The van der Waals surface area contributed by atoms with Crippen molar-refractivity contribution < 1.29 is 9.53 Å². The summed E-state index contributed by atoms with van der Waals surface area (Å²) in [6, 6.07) is 14.9. The molecule has 2 aromatic rings. The van der Waals surface area contributed by atoms with Gasteiger partial charge in [-0.05, 0) is 29.7 Å². The summed E-state index contributed by atoms with van der Waals surface area (Å²) in [4.78, 5) is 12.1. The van der Waals surface area contributed by atoms with Crippen LogP contribution in [0.25, 0.3) is 0 Å². The first-order valence-corrected chi connectivity index (χ1v) is 7.68. The highest BCUT2D eigenvalue weighted by Gasteiger charge is 2.09. The maximum Gasteiger partial charge on any atom is 0.251 e. The molecular formula is C18H20ClNO2. The van der Waals surface area contributed by atoms with Crippen LogP contribution in [0.1, 0.15) is 29.8 Å². The second-order valence-corrected chi connectivity index (χ2v) is 5.99. The van der Waals surface area contributed by atoms with Crippen LogP contribution >= 0.6 is 11.6 Å². The van der Waals surface area contributed by atoms with Crippen LogP contribution in [0, 0.1) is 5.92 Å². The first kappa shape index (κ1) is 16.4. The Bertz CT molecular complexity index is 626. The summed E-state index contributed by atoms with van der Waals surface area (Å²) in [5.41, 5.74) is 1.57. The third kappa shape index (κ3) is 5.08. The molecular weight excluding hydrogens is 298 g/mol. The molecule has 1 amide bonds. The highest BCUT2D eigenvalue weighted by molar-refractivity contribution is 6.31. The molecule has 0 fully saturated rings. The second kappa shape index (κ2) is 7.85. The van der Waals surface area contributed by atoms with Gasteiger partial charge in [-0.25, -0.2) is 0 Å². The van der Waals surface area contributed by atoms with E-state index in [1.54, 1.807) is 18.2 Å². The van der Waals surface area contributed by atoms with Crippen LogP contribution in [0.15, 0.2) is 48.5 Å². The van der Waals surface area contributed by atoms with Crippen molar-refractivity contribution >= 4 is 17.5 Å². The first-order chi connectivity index (χ1) is 10.5. The molecule has 4 heteroatoms. The van der Waals surface area contributed by atoms with Gasteiger partial charge in [-0.1, -0.05) is 55.8 Å². The van der Waals surface area contributed by atoms with Crippen LogP contribution in [0.5, 0.6) is 5.75 Å². The van der Waals surface area contributed by atoms with Crippen LogP contribution < -0.4 is 10.1 Å². The number of nitrogens with one attached hydrogen (secondary N) is 1. The van der Waals surface area contributed by atoms with E-state index in [1.165, 1.54) is 0 Å². The standard InChI is InChI=1S/C18H20ClNO2/c1-13(2)11-20-18(21)15-8-16(19)10-17(9-15)22-12-14-6-4-3-5-7-14/h3-10,13H,11-12H2,1-2H3,(H,20,21). The number of amides is 1. The van der Waals surface area contributed by atoms with Gasteiger partial charge in [0.2, 0.25) is 0 Å². The zero-order chi connectivity index (χ0) is 15.9. The summed E-state index contributed by atoms with van der Waals surface area (Å²) in [7, 11) is 0. The van der Waals surface area contributed by atoms with Crippen LogP contribution in [0.4, 0.5) is 0 Å². The molecule has 0 aliphatic heterocycles. The van der Waals surface area contributed by atoms with Gasteiger partial charge in [-0.3, -0.25) is 4.79 Å². The topological polar surface area (TPSA) is 38.3 Å². The van der Waals surface area contributed by atoms with Crippen molar-refractivity contribution in [3.05, 3.63) is 64.7 Å². The van der Waals surface area contributed by atoms with E-state index in [9.17, 15) is 4.79 Å². The fraction of sp³-hybridized carbons (Fsp3) is 0.278. The predicted octanol–water partition coefficient (Wildman–Crippen LogP) is 4.30. The number of hydrogen-bond donors (Lipinski definition) is 1. The van der Waals surface area contributed by atoms with Gasteiger partial charge in [0.1, 0.15) is 12.4 Å². The van der Waals surface area contributed by atoms with E-state index in [1.807, 2.05) is 44.2 Å². The van der Waals surface area contributed by atoms with Crippen molar-refractivity contribution in [1.82, 2.24) is 5.32 Å². The molecule has 0 atom stereocenters. The Morgan fingerprint density at radius 1 is 1.18 bits per heavy atom. The number of hydrogen-bond acceptors (Lipinski definition) is 2. The van der Waals surface area contributed by atoms with Crippen LogP contribution in [-0.4, -0.2) is 12.5 Å². The minimum Gasteiger partial charge on any atom is -0.489 e. The smallest absolute Gasteiger partial charge is 0.251 e. The fourth-order valence-corrected chi connectivity index (χ4v) is 2.14. The first-order valence-electron chi connectivity index (χ1n) is 7.30. The lowest BCUT2D eigenvalue weighted by Gasteiger charge is -2.11. The zero-order valence-corrected chi connectivity index (χ0v) is 13.6. The summed E-state index contributed by atoms with van der Waals surface area (Å²) in [6.07, 6.45) is 0. The van der Waals surface area contributed by atoms with E-state index in [-0.39, 0.29) is 5.91 Å². The third-order valence-corrected chi connectivity index (χ3v) is 3.27. The Hall–Kier alpha value is -2.00. The van der Waals surface area contributed by atoms with E-state index < -0.39 is 0 Å². The van der Waals surface area contributed by atoms with E-state index in [4.69, 9.17) is 16.3 Å². The minimum absolute atomic E-state index is 0.138. The molecule has 0 bridgehead atoms. The Kier molecular flexibility index (Phi) is 5.84. The largest absolute Gasteiger partial charge is 0.489 e. The molecule has 0 saturated carbocycles. The SMILES string of the molecule is CC(C)CNC(=O)c1cc(Cl)cc(OCc2ccccc2)c1. The average Bonchev–Trinajstić information content (AvgIpc) is 2.51. The fourth-order valence-electron chi connectivity index (χ4n) is 1.92. The maximum atomic E-state index is 12.1. The zero-order valence-electron chi connectivity index (χ0n) is 12.8. The van der Waals surface area contributed by atoms with Gasteiger partial charge < -0.3 is 10.1 Å². The molecule has 2 rings (SSSR count). The quantitative estimate of drug-likeness (QED) is 0.862. The molecule has 0 heterocycles. The monoisotopic (exact) mass is 317 g/mol. The highest BCUT2D eigenvalue weighted by Crippen LogP contribution is 2.22. The average molecular weight is 318 g/mol. The van der Waals surface area contributed by atoms with Gasteiger partial charge in [0.15, 0.2) is 0 Å². The molecule has 0 unspecified atom stereocenters. The van der Waals surface area contributed by atoms with Crippen molar-refractivity contribution in [2.45, 2.75) is 20.5 Å². The molecule has 22 heavy (non-hydrogen) atoms. The molecule has 0 aliphatic rings. The lowest BCUT2D eigenvalue weighted by atomic mass is 10.1. The van der Waals surface area contributed by atoms with Crippen molar-refractivity contribution in [2.75, 3.05) is 6.54 Å². The maximum absolute atomic E-state index is 12.1. The number of ether oxygens (including phenoxy) is 1. The summed E-state index contributed by atoms with van der Waals surface area (Å²) in [6.45, 7) is 5.17. The second-order valence-electron chi connectivity index (χ2n) is 5.55. The van der Waals surface area contributed by atoms with Gasteiger partial charge in [0, 0.05) is 17.1 Å². The Morgan fingerprint density at radius 2 is 1.91 bits per heavy atom. The van der Waals surface area contributed by atoms with Gasteiger partial charge in [0.05, 0.1) is 0 Å². The van der Waals surface area contributed by atoms with Gasteiger partial charge in [0.25, 0.3) is 5.91 Å². The number of halogens is 1. The number of carbonyl (C=O) groups is 1. The summed E-state index contributed by atoms with van der Waals surface area (Å²) in [5, 5.41) is 3.36. The Balaban J connectivity index is 2.04. The van der Waals surface area contributed by atoms with Crippen molar-refractivity contribution in [3.63, 3.8) is 0 Å². The Morgan fingerprint density at radius 3 is 2.59 bits per heavy atom. The van der Waals surface area contributed by atoms with Crippen molar-refractivity contribution in [3.8, 4) is 5.75 Å². The van der Waals surface area contributed by atoms with Gasteiger partial charge in [-0.2, -0.15) is 0 Å². The third-order valence-electron chi connectivity index (χ3n) is 3.05.